The van der Waals surface area contributed by atoms with Gasteiger partial charge in [-0.1, -0.05) is 65.9 Å². The zero-order chi connectivity index (χ0) is 20.9. The molecule has 0 N–H and O–H groups in total. The van der Waals surface area contributed by atoms with Crippen LogP contribution in [0.1, 0.15) is 23.1 Å². The van der Waals surface area contributed by atoms with Gasteiger partial charge in [0.25, 0.3) is 5.91 Å². The highest BCUT2D eigenvalue weighted by Gasteiger charge is 2.62. The number of allylic oxidation sites excluding steroid dienone is 1. The quantitative estimate of drug-likeness (QED) is 0.700. The van der Waals surface area contributed by atoms with E-state index in [1.807, 2.05) is 61.5 Å². The Morgan fingerprint density at radius 2 is 1.70 bits per heavy atom. The second kappa shape index (κ2) is 6.67. The van der Waals surface area contributed by atoms with Crippen molar-refractivity contribution in [2.24, 2.45) is 5.92 Å². The summed E-state index contributed by atoms with van der Waals surface area (Å²) in [4.78, 5) is 39.9. The summed E-state index contributed by atoms with van der Waals surface area (Å²) in [7, 11) is 0. The molecule has 5 rings (SSSR count). The highest BCUT2D eigenvalue weighted by atomic mass is 16.2. The Morgan fingerprint density at radius 1 is 0.967 bits per heavy atom. The number of hydrogen-bond donors (Lipinski definition) is 0. The summed E-state index contributed by atoms with van der Waals surface area (Å²) in [6.45, 7) is 2.02. The van der Waals surface area contributed by atoms with Crippen molar-refractivity contribution in [3.8, 4) is 11.8 Å². The van der Waals surface area contributed by atoms with Crippen molar-refractivity contribution in [1.29, 1.82) is 0 Å². The number of hydrogen-bond acceptors (Lipinski definition) is 3. The predicted molar refractivity (Wildman–Crippen MR) is 113 cm³/mol. The van der Waals surface area contributed by atoms with Gasteiger partial charge in [0, 0.05) is 17.6 Å². The number of aryl methyl sites for hydroxylation is 1. The van der Waals surface area contributed by atoms with Gasteiger partial charge in [-0.2, -0.15) is 0 Å². The molecule has 4 heteroatoms. The van der Waals surface area contributed by atoms with E-state index in [1.54, 1.807) is 11.0 Å². The zero-order valence-electron chi connectivity index (χ0n) is 16.5. The van der Waals surface area contributed by atoms with Crippen molar-refractivity contribution in [2.75, 3.05) is 6.54 Å². The molecule has 0 radical (unpaired) electrons. The van der Waals surface area contributed by atoms with Crippen molar-refractivity contribution in [3.63, 3.8) is 0 Å². The Kier molecular flexibility index (Phi) is 4.08. The lowest BCUT2D eigenvalue weighted by Gasteiger charge is -2.37. The molecule has 30 heavy (non-hydrogen) atoms. The van der Waals surface area contributed by atoms with Crippen molar-refractivity contribution in [1.82, 2.24) is 4.90 Å². The third kappa shape index (κ3) is 2.59. The smallest absolute Gasteiger partial charge is 0.264 e. The lowest BCUT2D eigenvalue weighted by Crippen LogP contribution is -2.47. The van der Waals surface area contributed by atoms with Crippen LogP contribution in [0.3, 0.4) is 0 Å². The van der Waals surface area contributed by atoms with Crippen LogP contribution >= 0.6 is 0 Å². The average molecular weight is 393 g/mol. The summed E-state index contributed by atoms with van der Waals surface area (Å²) in [6, 6.07) is 17.4. The van der Waals surface area contributed by atoms with E-state index in [-0.39, 0.29) is 30.4 Å². The molecular formula is C26H19NO3. The molecular weight excluding hydrogens is 374 g/mol. The molecule has 1 aliphatic carbocycles. The van der Waals surface area contributed by atoms with Crippen molar-refractivity contribution < 1.29 is 14.4 Å². The van der Waals surface area contributed by atoms with Crippen molar-refractivity contribution >= 4 is 23.0 Å². The van der Waals surface area contributed by atoms with Gasteiger partial charge in [0.1, 0.15) is 0 Å². The summed E-state index contributed by atoms with van der Waals surface area (Å²) in [6.07, 6.45) is 3.37. The third-order valence-corrected chi connectivity index (χ3v) is 6.16. The van der Waals surface area contributed by atoms with Gasteiger partial charge in [0.15, 0.2) is 11.6 Å². The standard InChI is InChI=1S/C26H19NO3/c1-17-7-9-18(10-8-17)11-12-21-24(19-5-3-2-4-6-19)26-14-13-20(28)15-22(26)23(29)16-27(26)25(21)30/h2-10,13-14,22H,15-16H2,1H3/t22-,26-/m1/s1. The molecule has 2 atom stereocenters. The van der Waals surface area contributed by atoms with Gasteiger partial charge in [-0.3, -0.25) is 14.4 Å². The van der Waals surface area contributed by atoms with Gasteiger partial charge in [-0.25, -0.2) is 0 Å². The number of rotatable bonds is 1. The van der Waals surface area contributed by atoms with Crippen LogP contribution in [0.5, 0.6) is 0 Å². The summed E-state index contributed by atoms with van der Waals surface area (Å²) in [5, 5.41) is 0. The molecule has 2 aromatic rings. The van der Waals surface area contributed by atoms with Crippen molar-refractivity contribution in [2.45, 2.75) is 18.9 Å². The van der Waals surface area contributed by atoms with Crippen LogP contribution in [0.2, 0.25) is 0 Å². The van der Waals surface area contributed by atoms with Crippen LogP contribution in [0.4, 0.5) is 0 Å². The molecule has 1 fully saturated rings. The van der Waals surface area contributed by atoms with Gasteiger partial charge < -0.3 is 4.90 Å². The molecule has 1 amide bonds. The third-order valence-electron chi connectivity index (χ3n) is 6.16. The lowest BCUT2D eigenvalue weighted by atomic mass is 9.71. The minimum atomic E-state index is -0.930. The fourth-order valence-electron chi connectivity index (χ4n) is 4.74. The molecule has 2 aliphatic heterocycles. The fourth-order valence-corrected chi connectivity index (χ4v) is 4.74. The lowest BCUT2D eigenvalue weighted by molar-refractivity contribution is -0.128. The van der Waals surface area contributed by atoms with E-state index in [2.05, 4.69) is 11.8 Å². The summed E-state index contributed by atoms with van der Waals surface area (Å²) >= 11 is 0. The minimum absolute atomic E-state index is 0.00711. The van der Waals surface area contributed by atoms with Gasteiger partial charge in [-0.05, 0) is 30.7 Å². The monoisotopic (exact) mass is 393 g/mol. The van der Waals surface area contributed by atoms with Crippen LogP contribution < -0.4 is 0 Å². The molecule has 2 heterocycles. The normalized spacial score (nSPS) is 24.6. The maximum atomic E-state index is 13.4. The molecule has 2 aromatic carbocycles. The van der Waals surface area contributed by atoms with E-state index >= 15 is 0 Å². The number of carbonyl (C=O) groups excluding carboxylic acids is 3. The largest absolute Gasteiger partial charge is 0.317 e. The Hall–Kier alpha value is -3.71. The second-order valence-electron chi connectivity index (χ2n) is 7.97. The molecule has 146 valence electrons. The maximum absolute atomic E-state index is 13.4. The van der Waals surface area contributed by atoms with E-state index < -0.39 is 11.5 Å². The first-order valence-electron chi connectivity index (χ1n) is 9.96. The van der Waals surface area contributed by atoms with Gasteiger partial charge in [0.05, 0.1) is 23.6 Å². The Labute approximate surface area is 174 Å². The predicted octanol–water partition coefficient (Wildman–Crippen LogP) is 3.11. The molecule has 3 aliphatic rings. The number of Topliss-reactive ketones (excluding diaryl/α,β-unsaturated/α-hetero) is 1. The Bertz CT molecular complexity index is 1210. The van der Waals surface area contributed by atoms with Crippen LogP contribution in [0.25, 0.3) is 5.57 Å². The van der Waals surface area contributed by atoms with Crippen LogP contribution in [-0.4, -0.2) is 34.5 Å². The van der Waals surface area contributed by atoms with E-state index in [0.29, 0.717) is 5.57 Å². The Balaban J connectivity index is 1.75. The first-order chi connectivity index (χ1) is 14.5. The molecule has 1 spiro atoms. The summed E-state index contributed by atoms with van der Waals surface area (Å²) in [5.41, 5.74) is 3.01. The van der Waals surface area contributed by atoms with E-state index in [0.717, 1.165) is 22.3 Å². The highest BCUT2D eigenvalue weighted by Crippen LogP contribution is 2.53. The molecule has 0 saturated carbocycles. The number of nitrogens with zero attached hydrogens (tertiary/aromatic N) is 1. The first-order valence-corrected chi connectivity index (χ1v) is 9.96. The van der Waals surface area contributed by atoms with Gasteiger partial charge in [0.2, 0.25) is 0 Å². The second-order valence-corrected chi connectivity index (χ2v) is 7.97. The van der Waals surface area contributed by atoms with Crippen molar-refractivity contribution in [3.05, 3.63) is 89.0 Å². The SMILES string of the molecule is Cc1ccc(C#CC2=C(c3ccccc3)[C@@]34C=CC(=O)C[C@@H]3C(=O)CN4C2=O)cc1. The minimum Gasteiger partial charge on any atom is -0.317 e. The van der Waals surface area contributed by atoms with Crippen LogP contribution in [0, 0.1) is 24.7 Å². The topological polar surface area (TPSA) is 54.5 Å². The van der Waals surface area contributed by atoms with Gasteiger partial charge >= 0.3 is 0 Å². The molecule has 0 aromatic heterocycles. The van der Waals surface area contributed by atoms with E-state index in [9.17, 15) is 14.4 Å². The molecule has 0 bridgehead atoms. The molecule has 0 unspecified atom stereocenters. The maximum Gasteiger partial charge on any atom is 0.264 e. The molecule has 1 saturated heterocycles. The molecule has 4 nitrogen and oxygen atoms in total. The summed E-state index contributed by atoms with van der Waals surface area (Å²) in [5.74, 6) is 5.26. The Morgan fingerprint density at radius 3 is 2.43 bits per heavy atom. The number of amides is 1. The first kappa shape index (κ1) is 18.3. The van der Waals surface area contributed by atoms with E-state index in [4.69, 9.17) is 0 Å². The number of carbonyl (C=O) groups is 3. The zero-order valence-corrected chi connectivity index (χ0v) is 16.5. The average Bonchev–Trinajstić information content (AvgIpc) is 3.16. The highest BCUT2D eigenvalue weighted by molar-refractivity contribution is 6.18. The van der Waals surface area contributed by atoms with Gasteiger partial charge in [-0.15, -0.1) is 0 Å². The summed E-state index contributed by atoms with van der Waals surface area (Å²) < 4.78 is 0. The van der Waals surface area contributed by atoms with Crippen LogP contribution in [-0.2, 0) is 14.4 Å². The fraction of sp³-hybridized carbons (Fsp3) is 0.192. The van der Waals surface area contributed by atoms with E-state index in [1.165, 1.54) is 6.08 Å². The number of ketones is 2. The van der Waals surface area contributed by atoms with Crippen LogP contribution in [0.15, 0.2) is 72.3 Å². The number of benzene rings is 2.